The van der Waals surface area contributed by atoms with Crippen LogP contribution in [0.15, 0.2) is 37.1 Å². The van der Waals surface area contributed by atoms with Gasteiger partial charge in [0.15, 0.2) is 0 Å². The zero-order valence-corrected chi connectivity index (χ0v) is 13.8. The normalized spacial score (nSPS) is 25.6. The number of carbonyl (C=O) groups is 2. The third-order valence-electron chi connectivity index (χ3n) is 5.37. The van der Waals surface area contributed by atoms with Gasteiger partial charge in [0.2, 0.25) is 0 Å². The molecule has 2 aromatic rings. The van der Waals surface area contributed by atoms with Crippen molar-refractivity contribution < 1.29 is 14.7 Å². The van der Waals surface area contributed by atoms with Gasteiger partial charge in [-0.2, -0.15) is 0 Å². The summed E-state index contributed by atoms with van der Waals surface area (Å²) >= 11 is 0. The van der Waals surface area contributed by atoms with Crippen LogP contribution in [0.4, 0.5) is 0 Å². The highest BCUT2D eigenvalue weighted by Crippen LogP contribution is 2.40. The Balaban J connectivity index is 1.61. The molecule has 0 spiro atoms. The molecule has 0 aromatic carbocycles. The molecule has 7 heteroatoms. The Kier molecular flexibility index (Phi) is 3.99. The summed E-state index contributed by atoms with van der Waals surface area (Å²) in [6.07, 6.45) is 11.2. The van der Waals surface area contributed by atoms with E-state index in [0.29, 0.717) is 23.7 Å². The molecule has 1 saturated carbocycles. The first kappa shape index (κ1) is 15.8. The molecule has 3 heterocycles. The lowest BCUT2D eigenvalue weighted by Crippen LogP contribution is -2.46. The number of carboxylic acid groups (broad SMARTS) is 1. The molecule has 2 aromatic heterocycles. The van der Waals surface area contributed by atoms with Crippen molar-refractivity contribution in [2.24, 2.45) is 5.92 Å². The number of rotatable bonds is 3. The molecule has 1 amide bonds. The molecule has 1 aliphatic heterocycles. The summed E-state index contributed by atoms with van der Waals surface area (Å²) < 4.78 is 1.75. The van der Waals surface area contributed by atoms with E-state index in [1.165, 1.54) is 6.20 Å². The van der Waals surface area contributed by atoms with Crippen LogP contribution in [0.5, 0.6) is 0 Å². The van der Waals surface area contributed by atoms with Crippen LogP contribution in [-0.4, -0.2) is 48.5 Å². The van der Waals surface area contributed by atoms with E-state index < -0.39 is 12.0 Å². The number of nitrogens with zero attached hydrogens (tertiary/aromatic N) is 4. The van der Waals surface area contributed by atoms with Crippen molar-refractivity contribution in [2.75, 3.05) is 0 Å². The minimum absolute atomic E-state index is 0.0377. The predicted molar refractivity (Wildman–Crippen MR) is 89.3 cm³/mol. The minimum Gasteiger partial charge on any atom is -0.480 e. The number of amides is 1. The summed E-state index contributed by atoms with van der Waals surface area (Å²) in [7, 11) is 0. The quantitative estimate of drug-likeness (QED) is 0.924. The predicted octanol–water partition coefficient (Wildman–Crippen LogP) is 2.13. The van der Waals surface area contributed by atoms with Crippen molar-refractivity contribution in [3.63, 3.8) is 0 Å². The molecule has 1 saturated heterocycles. The fourth-order valence-corrected chi connectivity index (χ4v) is 4.18. The van der Waals surface area contributed by atoms with Gasteiger partial charge in [0.05, 0.1) is 5.56 Å². The van der Waals surface area contributed by atoms with Crippen LogP contribution >= 0.6 is 0 Å². The average Bonchev–Trinajstić information content (AvgIpc) is 3.29. The van der Waals surface area contributed by atoms with Gasteiger partial charge in [-0.1, -0.05) is 12.8 Å². The maximum absolute atomic E-state index is 13.0. The Bertz CT molecular complexity index is 772. The topological polar surface area (TPSA) is 88.3 Å². The van der Waals surface area contributed by atoms with Crippen molar-refractivity contribution in [3.8, 4) is 5.82 Å². The number of likely N-dealkylation sites (tertiary alicyclic amines) is 1. The standard InChI is InChI=1S/C18H20N4O3/c23-17(13-5-6-16(20-10-13)21-8-7-19-11-21)22-14-4-2-1-3-12(14)9-15(22)18(24)25/h5-8,10-12,14-15H,1-4,9H2,(H,24,25)/t12-,14-,15-/m0/s1. The highest BCUT2D eigenvalue weighted by molar-refractivity contribution is 5.97. The van der Waals surface area contributed by atoms with Crippen LogP contribution in [0.3, 0.4) is 0 Å². The van der Waals surface area contributed by atoms with E-state index >= 15 is 0 Å². The van der Waals surface area contributed by atoms with E-state index in [9.17, 15) is 14.7 Å². The van der Waals surface area contributed by atoms with Gasteiger partial charge in [-0.3, -0.25) is 9.36 Å². The van der Waals surface area contributed by atoms with Gasteiger partial charge < -0.3 is 10.0 Å². The van der Waals surface area contributed by atoms with Crippen LogP contribution in [-0.2, 0) is 4.79 Å². The fraction of sp³-hybridized carbons (Fsp3) is 0.444. The third kappa shape index (κ3) is 2.79. The Morgan fingerprint density at radius 1 is 1.20 bits per heavy atom. The number of aliphatic carboxylic acids is 1. The van der Waals surface area contributed by atoms with Gasteiger partial charge in [0.25, 0.3) is 5.91 Å². The van der Waals surface area contributed by atoms with Crippen LogP contribution in [0.1, 0.15) is 42.5 Å². The van der Waals surface area contributed by atoms with Crippen molar-refractivity contribution in [2.45, 2.75) is 44.2 Å². The molecule has 0 radical (unpaired) electrons. The molecule has 0 unspecified atom stereocenters. The lowest BCUT2D eigenvalue weighted by molar-refractivity contribution is -0.141. The largest absolute Gasteiger partial charge is 0.480 e. The molecule has 7 nitrogen and oxygen atoms in total. The second-order valence-corrected chi connectivity index (χ2v) is 6.79. The van der Waals surface area contributed by atoms with E-state index in [1.54, 1.807) is 40.3 Å². The third-order valence-corrected chi connectivity index (χ3v) is 5.37. The van der Waals surface area contributed by atoms with Gasteiger partial charge in [-0.25, -0.2) is 14.8 Å². The molecule has 25 heavy (non-hydrogen) atoms. The molecule has 0 bridgehead atoms. The number of fused-ring (bicyclic) bond motifs is 1. The highest BCUT2D eigenvalue weighted by Gasteiger charge is 2.47. The zero-order valence-electron chi connectivity index (χ0n) is 13.8. The summed E-state index contributed by atoms with van der Waals surface area (Å²) in [6.45, 7) is 0. The van der Waals surface area contributed by atoms with Crippen LogP contribution in [0.2, 0.25) is 0 Å². The van der Waals surface area contributed by atoms with Gasteiger partial charge >= 0.3 is 5.97 Å². The zero-order chi connectivity index (χ0) is 17.4. The number of pyridine rings is 1. The number of carboxylic acids is 1. The van der Waals surface area contributed by atoms with Crippen LogP contribution in [0.25, 0.3) is 5.82 Å². The van der Waals surface area contributed by atoms with Crippen LogP contribution < -0.4 is 0 Å². The summed E-state index contributed by atoms with van der Waals surface area (Å²) in [5.41, 5.74) is 0.432. The summed E-state index contributed by atoms with van der Waals surface area (Å²) in [4.78, 5) is 34.6. The fourth-order valence-electron chi connectivity index (χ4n) is 4.18. The SMILES string of the molecule is O=C(O)[C@@H]1C[C@@H]2CCCC[C@@H]2N1C(=O)c1ccc(-n2ccnc2)nc1. The highest BCUT2D eigenvalue weighted by atomic mass is 16.4. The maximum atomic E-state index is 13.0. The number of hydrogen-bond donors (Lipinski definition) is 1. The lowest BCUT2D eigenvalue weighted by Gasteiger charge is -2.33. The summed E-state index contributed by atoms with van der Waals surface area (Å²) in [5.74, 6) is -0.171. The summed E-state index contributed by atoms with van der Waals surface area (Å²) in [6, 6.07) is 2.77. The average molecular weight is 340 g/mol. The molecular formula is C18H20N4O3. The molecule has 1 aliphatic carbocycles. The van der Waals surface area contributed by atoms with E-state index in [2.05, 4.69) is 9.97 Å². The Morgan fingerprint density at radius 3 is 2.72 bits per heavy atom. The smallest absolute Gasteiger partial charge is 0.326 e. The summed E-state index contributed by atoms with van der Waals surface area (Å²) in [5, 5.41) is 9.58. The Labute approximate surface area is 145 Å². The van der Waals surface area contributed by atoms with E-state index in [1.807, 2.05) is 0 Å². The monoisotopic (exact) mass is 340 g/mol. The first-order valence-electron chi connectivity index (χ1n) is 8.65. The molecular weight excluding hydrogens is 320 g/mol. The molecule has 2 aliphatic rings. The Hall–Kier alpha value is -2.70. The first-order chi connectivity index (χ1) is 12.1. The second-order valence-electron chi connectivity index (χ2n) is 6.79. The van der Waals surface area contributed by atoms with Gasteiger partial charge in [-0.15, -0.1) is 0 Å². The van der Waals surface area contributed by atoms with E-state index in [0.717, 1.165) is 25.7 Å². The van der Waals surface area contributed by atoms with Gasteiger partial charge in [0, 0.05) is 24.6 Å². The first-order valence-corrected chi connectivity index (χ1v) is 8.65. The molecule has 3 atom stereocenters. The van der Waals surface area contributed by atoms with Crippen molar-refractivity contribution in [1.82, 2.24) is 19.4 Å². The van der Waals surface area contributed by atoms with Crippen molar-refractivity contribution in [3.05, 3.63) is 42.6 Å². The van der Waals surface area contributed by atoms with Gasteiger partial charge in [0.1, 0.15) is 18.2 Å². The molecule has 2 fully saturated rings. The maximum Gasteiger partial charge on any atom is 0.326 e. The number of carbonyl (C=O) groups excluding carboxylic acids is 1. The van der Waals surface area contributed by atoms with Gasteiger partial charge in [-0.05, 0) is 37.3 Å². The number of hydrogen-bond acceptors (Lipinski definition) is 4. The molecule has 4 rings (SSSR count). The lowest BCUT2D eigenvalue weighted by atomic mass is 9.84. The van der Waals surface area contributed by atoms with E-state index in [4.69, 9.17) is 0 Å². The molecule has 130 valence electrons. The van der Waals surface area contributed by atoms with Crippen molar-refractivity contribution in [1.29, 1.82) is 0 Å². The number of imidazole rings is 1. The second kappa shape index (κ2) is 6.31. The Morgan fingerprint density at radius 2 is 2.04 bits per heavy atom. The number of aromatic nitrogens is 3. The van der Waals surface area contributed by atoms with E-state index in [-0.39, 0.29) is 11.9 Å². The van der Waals surface area contributed by atoms with Crippen molar-refractivity contribution >= 4 is 11.9 Å². The minimum atomic E-state index is -0.911. The van der Waals surface area contributed by atoms with Crippen LogP contribution in [0, 0.1) is 5.92 Å². The molecule has 1 N–H and O–H groups in total.